The van der Waals surface area contributed by atoms with Crippen LogP contribution >= 0.6 is 15.9 Å². The van der Waals surface area contributed by atoms with Crippen molar-refractivity contribution in [3.8, 4) is 5.75 Å². The number of piperidine rings is 1. The highest BCUT2D eigenvalue weighted by molar-refractivity contribution is 9.10. The van der Waals surface area contributed by atoms with E-state index in [-0.39, 0.29) is 0 Å². The monoisotopic (exact) mass is 436 g/mol. The lowest BCUT2D eigenvalue weighted by Gasteiger charge is -2.33. The zero-order valence-electron chi connectivity index (χ0n) is 16.5. The molecule has 1 saturated carbocycles. The smallest absolute Gasteiger partial charge is 0.222 e. The second-order valence-electron chi connectivity index (χ2n) is 8.31. The maximum atomic E-state index is 12.6. The van der Waals surface area contributed by atoms with Crippen LogP contribution in [0.15, 0.2) is 22.7 Å². The number of nitrogens with two attached hydrogens (primary N) is 1. The summed E-state index contributed by atoms with van der Waals surface area (Å²) in [4.78, 5) is 14.7. The Balaban J connectivity index is 1.41. The SMILES string of the molecule is COc1ccc(Br)c(CC2CCN(C(=O)CCC3CCC(N)CC3)CC2)c1. The molecule has 0 atom stereocenters. The number of carbonyl (C=O) groups is 1. The Labute approximate surface area is 172 Å². The molecule has 0 aromatic heterocycles. The van der Waals surface area contributed by atoms with E-state index >= 15 is 0 Å². The molecule has 4 nitrogen and oxygen atoms in total. The van der Waals surface area contributed by atoms with E-state index in [1.165, 1.54) is 18.4 Å². The molecule has 1 aliphatic heterocycles. The average molecular weight is 437 g/mol. The van der Waals surface area contributed by atoms with Crippen LogP contribution < -0.4 is 10.5 Å². The van der Waals surface area contributed by atoms with Gasteiger partial charge in [-0.1, -0.05) is 15.9 Å². The number of hydrogen-bond donors (Lipinski definition) is 1. The highest BCUT2D eigenvalue weighted by atomic mass is 79.9. The standard InChI is InChI=1S/C22H33BrN2O2/c1-27-20-7-8-21(23)18(15-20)14-17-10-12-25(13-11-17)22(26)9-4-16-2-5-19(24)6-3-16/h7-8,15-17,19H,2-6,9-14,24H2,1H3. The van der Waals surface area contributed by atoms with Crippen LogP contribution in [0.1, 0.15) is 56.9 Å². The topological polar surface area (TPSA) is 55.6 Å². The molecule has 150 valence electrons. The Morgan fingerprint density at radius 3 is 2.52 bits per heavy atom. The summed E-state index contributed by atoms with van der Waals surface area (Å²) >= 11 is 3.66. The van der Waals surface area contributed by atoms with Crippen molar-refractivity contribution in [2.24, 2.45) is 17.6 Å². The van der Waals surface area contributed by atoms with Crippen LogP contribution in [0, 0.1) is 11.8 Å². The van der Waals surface area contributed by atoms with E-state index in [4.69, 9.17) is 10.5 Å². The lowest BCUT2D eigenvalue weighted by molar-refractivity contribution is -0.132. The van der Waals surface area contributed by atoms with Crippen LogP contribution in [0.25, 0.3) is 0 Å². The number of methoxy groups -OCH3 is 1. The zero-order chi connectivity index (χ0) is 19.2. The normalized spacial score (nSPS) is 24.0. The molecule has 1 amide bonds. The van der Waals surface area contributed by atoms with Gasteiger partial charge in [-0.25, -0.2) is 0 Å². The molecule has 2 aliphatic rings. The van der Waals surface area contributed by atoms with Crippen LogP contribution in [0.4, 0.5) is 0 Å². The molecule has 0 spiro atoms. The summed E-state index contributed by atoms with van der Waals surface area (Å²) < 4.78 is 6.50. The van der Waals surface area contributed by atoms with Crippen LogP contribution in [-0.2, 0) is 11.2 Å². The number of ether oxygens (including phenoxy) is 1. The van der Waals surface area contributed by atoms with E-state index in [0.29, 0.717) is 30.2 Å². The molecule has 2 N–H and O–H groups in total. The summed E-state index contributed by atoms with van der Waals surface area (Å²) in [6.07, 6.45) is 9.64. The number of benzene rings is 1. The summed E-state index contributed by atoms with van der Waals surface area (Å²) in [7, 11) is 1.71. The van der Waals surface area contributed by atoms with Gasteiger partial charge in [0, 0.05) is 30.0 Å². The maximum absolute atomic E-state index is 12.6. The summed E-state index contributed by atoms with van der Waals surface area (Å²) in [5.74, 6) is 2.60. The molecular weight excluding hydrogens is 404 g/mol. The minimum atomic E-state index is 0.353. The molecule has 1 aromatic carbocycles. The second-order valence-corrected chi connectivity index (χ2v) is 9.16. The van der Waals surface area contributed by atoms with Crippen molar-refractivity contribution < 1.29 is 9.53 Å². The number of hydrogen-bond acceptors (Lipinski definition) is 3. The van der Waals surface area contributed by atoms with E-state index in [1.807, 2.05) is 6.07 Å². The third-order valence-corrected chi connectivity index (χ3v) is 7.16. The highest BCUT2D eigenvalue weighted by Gasteiger charge is 2.25. The minimum absolute atomic E-state index is 0.353. The Hall–Kier alpha value is -1.07. The van der Waals surface area contributed by atoms with Crippen LogP contribution in [0.2, 0.25) is 0 Å². The summed E-state index contributed by atoms with van der Waals surface area (Å²) in [6, 6.07) is 6.55. The van der Waals surface area contributed by atoms with Gasteiger partial charge in [0.25, 0.3) is 0 Å². The second kappa shape index (κ2) is 9.92. The van der Waals surface area contributed by atoms with Crippen molar-refractivity contribution in [2.75, 3.05) is 20.2 Å². The van der Waals surface area contributed by atoms with Crippen molar-refractivity contribution in [3.05, 3.63) is 28.2 Å². The van der Waals surface area contributed by atoms with Gasteiger partial charge in [0.15, 0.2) is 0 Å². The molecule has 1 saturated heterocycles. The molecule has 0 radical (unpaired) electrons. The van der Waals surface area contributed by atoms with Gasteiger partial charge in [-0.15, -0.1) is 0 Å². The van der Waals surface area contributed by atoms with Gasteiger partial charge in [-0.3, -0.25) is 4.79 Å². The van der Waals surface area contributed by atoms with Crippen molar-refractivity contribution in [2.45, 2.75) is 63.8 Å². The van der Waals surface area contributed by atoms with Crippen molar-refractivity contribution >= 4 is 21.8 Å². The molecule has 1 aliphatic carbocycles. The highest BCUT2D eigenvalue weighted by Crippen LogP contribution is 2.30. The predicted molar refractivity (Wildman–Crippen MR) is 113 cm³/mol. The number of rotatable bonds is 6. The molecule has 2 fully saturated rings. The van der Waals surface area contributed by atoms with Crippen molar-refractivity contribution in [3.63, 3.8) is 0 Å². The lowest BCUT2D eigenvalue weighted by Crippen LogP contribution is -2.39. The first kappa shape index (κ1) is 20.7. The third-order valence-electron chi connectivity index (χ3n) is 6.39. The van der Waals surface area contributed by atoms with Crippen LogP contribution in [-0.4, -0.2) is 37.0 Å². The molecular formula is C22H33BrN2O2. The number of amides is 1. The fraction of sp³-hybridized carbons (Fsp3) is 0.682. The number of halogens is 1. The molecule has 5 heteroatoms. The third kappa shape index (κ3) is 5.95. The first-order valence-electron chi connectivity index (χ1n) is 10.4. The van der Waals surface area contributed by atoms with E-state index in [1.54, 1.807) is 7.11 Å². The van der Waals surface area contributed by atoms with Crippen molar-refractivity contribution in [1.29, 1.82) is 0 Å². The molecule has 1 aromatic rings. The fourth-order valence-electron chi connectivity index (χ4n) is 4.49. The quantitative estimate of drug-likeness (QED) is 0.711. The van der Waals surface area contributed by atoms with Gasteiger partial charge < -0.3 is 15.4 Å². The maximum Gasteiger partial charge on any atom is 0.222 e. The summed E-state index contributed by atoms with van der Waals surface area (Å²) in [6.45, 7) is 1.81. The Kier molecular flexibility index (Phi) is 7.59. The first-order chi connectivity index (χ1) is 13.0. The average Bonchev–Trinajstić information content (AvgIpc) is 2.69. The minimum Gasteiger partial charge on any atom is -0.497 e. The zero-order valence-corrected chi connectivity index (χ0v) is 18.0. The number of carbonyl (C=O) groups excluding carboxylic acids is 1. The van der Waals surface area contributed by atoms with Crippen LogP contribution in [0.3, 0.4) is 0 Å². The van der Waals surface area contributed by atoms with E-state index in [2.05, 4.69) is 33.0 Å². The van der Waals surface area contributed by atoms with Crippen LogP contribution in [0.5, 0.6) is 5.75 Å². The number of likely N-dealkylation sites (tertiary alicyclic amines) is 1. The van der Waals surface area contributed by atoms with Crippen molar-refractivity contribution in [1.82, 2.24) is 4.90 Å². The Morgan fingerprint density at radius 2 is 1.85 bits per heavy atom. The summed E-state index contributed by atoms with van der Waals surface area (Å²) in [5.41, 5.74) is 7.28. The number of nitrogens with zero attached hydrogens (tertiary/aromatic N) is 1. The molecule has 27 heavy (non-hydrogen) atoms. The van der Waals surface area contributed by atoms with Gasteiger partial charge in [0.2, 0.25) is 5.91 Å². The molecule has 0 unspecified atom stereocenters. The lowest BCUT2D eigenvalue weighted by atomic mass is 9.83. The molecule has 0 bridgehead atoms. The van der Waals surface area contributed by atoms with Gasteiger partial charge in [0.05, 0.1) is 7.11 Å². The predicted octanol–water partition coefficient (Wildman–Crippen LogP) is 4.54. The van der Waals surface area contributed by atoms with Gasteiger partial charge in [-0.2, -0.15) is 0 Å². The largest absolute Gasteiger partial charge is 0.497 e. The Bertz CT molecular complexity index is 621. The van der Waals surface area contributed by atoms with E-state index in [0.717, 1.165) is 61.8 Å². The molecule has 3 rings (SSSR count). The van der Waals surface area contributed by atoms with Gasteiger partial charge >= 0.3 is 0 Å². The Morgan fingerprint density at radius 1 is 1.15 bits per heavy atom. The molecule has 1 heterocycles. The van der Waals surface area contributed by atoms with Gasteiger partial charge in [-0.05, 0) is 87.0 Å². The first-order valence-corrected chi connectivity index (χ1v) is 11.2. The van der Waals surface area contributed by atoms with E-state index < -0.39 is 0 Å². The fourth-order valence-corrected chi connectivity index (χ4v) is 4.90. The summed E-state index contributed by atoms with van der Waals surface area (Å²) in [5, 5.41) is 0. The van der Waals surface area contributed by atoms with E-state index in [9.17, 15) is 4.79 Å². The van der Waals surface area contributed by atoms with Gasteiger partial charge in [0.1, 0.15) is 5.75 Å².